The summed E-state index contributed by atoms with van der Waals surface area (Å²) in [4.78, 5) is 8.41. The van der Waals surface area contributed by atoms with Gasteiger partial charge in [0, 0.05) is 40.3 Å². The van der Waals surface area contributed by atoms with Gasteiger partial charge in [-0.3, -0.25) is 9.20 Å². The molecule has 0 spiro atoms. The summed E-state index contributed by atoms with van der Waals surface area (Å²) in [6.07, 6.45) is 1.76. The van der Waals surface area contributed by atoms with Crippen LogP contribution in [0.5, 0.6) is 0 Å². The lowest BCUT2D eigenvalue weighted by Crippen LogP contribution is -2.40. The number of nitrogens with one attached hydrogen (secondary N) is 2. The summed E-state index contributed by atoms with van der Waals surface area (Å²) in [6.45, 7) is 13.2. The lowest BCUT2D eigenvalue weighted by Gasteiger charge is -2.18. The second-order valence-electron chi connectivity index (χ2n) is 7.38. The van der Waals surface area contributed by atoms with Crippen molar-refractivity contribution in [2.45, 2.75) is 58.2 Å². The van der Waals surface area contributed by atoms with E-state index in [2.05, 4.69) is 41.4 Å². The van der Waals surface area contributed by atoms with Crippen molar-refractivity contribution < 1.29 is 8.63 Å². The van der Waals surface area contributed by atoms with Crippen LogP contribution in [0.4, 0.5) is 0 Å². The zero-order valence-corrected chi connectivity index (χ0v) is 18.9. The summed E-state index contributed by atoms with van der Waals surface area (Å²) in [5, 5.41) is 6.30. The minimum Gasteiger partial charge on any atom is -0.443 e. The number of halogens is 1. The van der Waals surface area contributed by atoms with Crippen molar-refractivity contribution >= 4 is 40.7 Å². The molecule has 0 fully saturated rings. The van der Waals surface area contributed by atoms with Gasteiger partial charge in [-0.25, -0.2) is 4.98 Å². The van der Waals surface area contributed by atoms with Gasteiger partial charge in [-0.1, -0.05) is 20.8 Å². The average molecular weight is 470 g/mol. The van der Waals surface area contributed by atoms with E-state index in [4.69, 9.17) is 4.42 Å². The van der Waals surface area contributed by atoms with Crippen LogP contribution in [0.1, 0.15) is 53.2 Å². The number of hydrogen-bond donors (Lipinski definition) is 2. The van der Waals surface area contributed by atoms with Crippen LogP contribution in [0.3, 0.4) is 0 Å². The second-order valence-corrected chi connectivity index (χ2v) is 9.71. The van der Waals surface area contributed by atoms with Gasteiger partial charge in [-0.15, -0.1) is 24.0 Å². The lowest BCUT2D eigenvalue weighted by molar-refractivity contribution is 0.379. The van der Waals surface area contributed by atoms with E-state index in [1.165, 1.54) is 0 Å². The Morgan fingerprint density at radius 3 is 2.33 bits per heavy atom. The maximum Gasteiger partial charge on any atom is 0.213 e. The third-order valence-corrected chi connectivity index (χ3v) is 5.13. The SMILES string of the molecule is CN=C(NCCS(=O)C(C)(C)C)NCc1ncc(C(C)(C)C)o1.I. The Labute approximate surface area is 165 Å². The van der Waals surface area contributed by atoms with Crippen LogP contribution in [0.25, 0.3) is 0 Å². The monoisotopic (exact) mass is 470 g/mol. The van der Waals surface area contributed by atoms with E-state index in [1.54, 1.807) is 13.2 Å². The first kappa shape index (κ1) is 23.4. The summed E-state index contributed by atoms with van der Waals surface area (Å²) in [5.41, 5.74) is -0.0534. The molecule has 0 bridgehead atoms. The van der Waals surface area contributed by atoms with E-state index >= 15 is 0 Å². The zero-order valence-electron chi connectivity index (χ0n) is 15.7. The van der Waals surface area contributed by atoms with Crippen LogP contribution >= 0.6 is 24.0 Å². The number of aliphatic imine (C=N–C) groups is 1. The Balaban J connectivity index is 0.00000529. The predicted octanol–water partition coefficient (Wildman–Crippen LogP) is 2.80. The minimum absolute atomic E-state index is 0. The highest BCUT2D eigenvalue weighted by Gasteiger charge is 2.20. The number of rotatable bonds is 5. The number of oxazole rings is 1. The summed E-state index contributed by atoms with van der Waals surface area (Å²) in [6, 6.07) is 0. The van der Waals surface area contributed by atoms with Gasteiger partial charge in [0.2, 0.25) is 5.89 Å². The first-order chi connectivity index (χ1) is 10.5. The number of nitrogens with zero attached hydrogens (tertiary/aromatic N) is 2. The molecule has 1 aromatic heterocycles. The summed E-state index contributed by atoms with van der Waals surface area (Å²) in [7, 11) is 0.822. The smallest absolute Gasteiger partial charge is 0.213 e. The van der Waals surface area contributed by atoms with Crippen molar-refractivity contribution in [3.63, 3.8) is 0 Å². The largest absolute Gasteiger partial charge is 0.443 e. The van der Waals surface area contributed by atoms with E-state index in [1.807, 2.05) is 20.8 Å². The molecule has 0 aliphatic carbocycles. The molecule has 2 N–H and O–H groups in total. The molecule has 0 radical (unpaired) electrons. The summed E-state index contributed by atoms with van der Waals surface area (Å²) < 4.78 is 17.5. The minimum atomic E-state index is -0.878. The van der Waals surface area contributed by atoms with Gasteiger partial charge in [-0.2, -0.15) is 0 Å². The van der Waals surface area contributed by atoms with E-state index in [9.17, 15) is 4.21 Å². The third kappa shape index (κ3) is 7.96. The average Bonchev–Trinajstić information content (AvgIpc) is 2.90. The summed E-state index contributed by atoms with van der Waals surface area (Å²) in [5.74, 6) is 2.71. The molecule has 0 aliphatic heterocycles. The molecule has 0 amide bonds. The molecule has 0 saturated carbocycles. The summed E-state index contributed by atoms with van der Waals surface area (Å²) >= 11 is 0. The topological polar surface area (TPSA) is 79.5 Å². The third-order valence-electron chi connectivity index (χ3n) is 3.19. The molecule has 0 aliphatic rings. The van der Waals surface area contributed by atoms with Crippen molar-refractivity contribution in [3.8, 4) is 0 Å². The van der Waals surface area contributed by atoms with E-state index in [-0.39, 0.29) is 34.1 Å². The van der Waals surface area contributed by atoms with Crippen LogP contribution in [0.2, 0.25) is 0 Å². The fraction of sp³-hybridized carbons (Fsp3) is 0.750. The molecular formula is C16H31IN4O2S. The standard InChI is InChI=1S/C16H30N4O2S.HI/c1-15(2,3)12-10-19-13(22-12)11-20-14(17-7)18-8-9-23(21)16(4,5)6;/h10H,8-9,11H2,1-7H3,(H2,17,18,20);1H. The van der Waals surface area contributed by atoms with E-state index < -0.39 is 10.8 Å². The van der Waals surface area contributed by atoms with Crippen LogP contribution in [-0.4, -0.2) is 39.2 Å². The molecule has 24 heavy (non-hydrogen) atoms. The number of aromatic nitrogens is 1. The first-order valence-corrected chi connectivity index (χ1v) is 9.14. The normalized spacial score (nSPS) is 14.0. The van der Waals surface area contributed by atoms with Gasteiger partial charge in [0.25, 0.3) is 0 Å². The molecule has 1 aromatic rings. The zero-order chi connectivity index (χ0) is 17.7. The molecule has 1 rings (SSSR count). The predicted molar refractivity (Wildman–Crippen MR) is 112 cm³/mol. The van der Waals surface area contributed by atoms with Crippen molar-refractivity contribution in [3.05, 3.63) is 17.8 Å². The highest BCUT2D eigenvalue weighted by Crippen LogP contribution is 2.22. The second kappa shape index (κ2) is 9.74. The van der Waals surface area contributed by atoms with Gasteiger partial charge in [-0.05, 0) is 20.8 Å². The Morgan fingerprint density at radius 1 is 1.25 bits per heavy atom. The van der Waals surface area contributed by atoms with Gasteiger partial charge in [0.05, 0.1) is 12.7 Å². The maximum atomic E-state index is 12.0. The number of guanidine groups is 1. The van der Waals surface area contributed by atoms with E-state index in [0.717, 1.165) is 5.76 Å². The molecule has 1 atom stereocenters. The number of hydrogen-bond acceptors (Lipinski definition) is 4. The quantitative estimate of drug-likeness (QED) is 0.393. The Morgan fingerprint density at radius 2 is 1.88 bits per heavy atom. The molecule has 0 aromatic carbocycles. The fourth-order valence-electron chi connectivity index (χ4n) is 1.69. The highest BCUT2D eigenvalue weighted by atomic mass is 127. The van der Waals surface area contributed by atoms with Gasteiger partial charge in [0.1, 0.15) is 5.76 Å². The molecule has 1 unspecified atom stereocenters. The molecular weight excluding hydrogens is 439 g/mol. The van der Waals surface area contributed by atoms with Crippen LogP contribution < -0.4 is 10.6 Å². The van der Waals surface area contributed by atoms with Gasteiger partial charge >= 0.3 is 0 Å². The van der Waals surface area contributed by atoms with Crippen molar-refractivity contribution in [1.29, 1.82) is 0 Å². The highest BCUT2D eigenvalue weighted by molar-refractivity contribution is 14.0. The van der Waals surface area contributed by atoms with Crippen molar-refractivity contribution in [2.24, 2.45) is 4.99 Å². The fourth-order valence-corrected chi connectivity index (χ4v) is 2.59. The van der Waals surface area contributed by atoms with Crippen LogP contribution in [0.15, 0.2) is 15.6 Å². The van der Waals surface area contributed by atoms with Crippen LogP contribution in [0, 0.1) is 0 Å². The van der Waals surface area contributed by atoms with Crippen molar-refractivity contribution in [1.82, 2.24) is 15.6 Å². The molecule has 8 heteroatoms. The molecule has 1 heterocycles. The Kier molecular flexibility index (Phi) is 9.48. The van der Waals surface area contributed by atoms with Crippen LogP contribution in [-0.2, 0) is 22.8 Å². The Hall–Kier alpha value is -0.640. The molecule has 0 saturated heterocycles. The molecule has 140 valence electrons. The van der Waals surface area contributed by atoms with Crippen molar-refractivity contribution in [2.75, 3.05) is 19.3 Å². The maximum absolute atomic E-state index is 12.0. The molecule has 6 nitrogen and oxygen atoms in total. The lowest BCUT2D eigenvalue weighted by atomic mass is 9.94. The Bertz CT molecular complexity index is 559. The van der Waals surface area contributed by atoms with Gasteiger partial charge < -0.3 is 15.1 Å². The first-order valence-electron chi connectivity index (χ1n) is 7.82. The van der Waals surface area contributed by atoms with E-state index in [0.29, 0.717) is 30.7 Å². The van der Waals surface area contributed by atoms with Gasteiger partial charge in [0.15, 0.2) is 5.96 Å².